The third-order valence-electron chi connectivity index (χ3n) is 2.73. The van der Waals surface area contributed by atoms with E-state index in [0.717, 1.165) is 24.0 Å². The predicted octanol–water partition coefficient (Wildman–Crippen LogP) is 2.33. The van der Waals surface area contributed by atoms with Crippen LogP contribution in [-0.4, -0.2) is 11.1 Å². The van der Waals surface area contributed by atoms with Gasteiger partial charge in [-0.2, -0.15) is 0 Å². The summed E-state index contributed by atoms with van der Waals surface area (Å²) >= 11 is 0. The first-order valence-corrected chi connectivity index (χ1v) is 4.67. The van der Waals surface area contributed by atoms with Crippen LogP contribution in [0.1, 0.15) is 29.9 Å². The molecule has 0 fully saturated rings. The first-order valence-electron chi connectivity index (χ1n) is 4.67. The zero-order chi connectivity index (χ0) is 10.1. The highest BCUT2D eigenvalue weighted by Crippen LogP contribution is 2.35. The predicted molar refractivity (Wildman–Crippen MR) is 49.7 cm³/mol. The molecule has 1 atom stereocenters. The number of carboxylic acids is 1. The summed E-state index contributed by atoms with van der Waals surface area (Å²) in [7, 11) is 0. The summed E-state index contributed by atoms with van der Waals surface area (Å²) in [6, 6.07) is 4.66. The van der Waals surface area contributed by atoms with Crippen molar-refractivity contribution in [1.29, 1.82) is 0 Å². The van der Waals surface area contributed by atoms with Crippen LogP contribution in [0.25, 0.3) is 0 Å². The van der Waals surface area contributed by atoms with E-state index in [1.807, 2.05) is 0 Å². The number of rotatable bonds is 2. The number of fused-ring (bicyclic) bond motifs is 1. The number of halogens is 1. The quantitative estimate of drug-likeness (QED) is 0.784. The van der Waals surface area contributed by atoms with Crippen molar-refractivity contribution in [2.75, 3.05) is 0 Å². The summed E-state index contributed by atoms with van der Waals surface area (Å²) in [6.45, 7) is 0. The van der Waals surface area contributed by atoms with Gasteiger partial charge in [0.1, 0.15) is 5.82 Å². The molecule has 0 heterocycles. The van der Waals surface area contributed by atoms with Gasteiger partial charge in [0.15, 0.2) is 0 Å². The molecule has 0 unspecified atom stereocenters. The van der Waals surface area contributed by atoms with E-state index in [0.29, 0.717) is 0 Å². The topological polar surface area (TPSA) is 37.3 Å². The molecule has 14 heavy (non-hydrogen) atoms. The molecule has 0 saturated carbocycles. The standard InChI is InChI=1S/C11H11FO2/c12-9-4-3-7-1-2-8(5-11(13)14)10(7)6-9/h3-4,6,8H,1-2,5H2,(H,13,14)/t8-/m1/s1. The maximum absolute atomic E-state index is 12.9. The van der Waals surface area contributed by atoms with Gasteiger partial charge in [-0.3, -0.25) is 4.79 Å². The Morgan fingerprint density at radius 1 is 1.57 bits per heavy atom. The largest absolute Gasteiger partial charge is 0.481 e. The second-order valence-corrected chi connectivity index (χ2v) is 3.68. The van der Waals surface area contributed by atoms with Crippen LogP contribution in [0.2, 0.25) is 0 Å². The van der Waals surface area contributed by atoms with Crippen molar-refractivity contribution in [3.8, 4) is 0 Å². The third-order valence-corrected chi connectivity index (χ3v) is 2.73. The Labute approximate surface area is 81.4 Å². The Hall–Kier alpha value is -1.38. The molecular weight excluding hydrogens is 183 g/mol. The molecular formula is C11H11FO2. The summed E-state index contributed by atoms with van der Waals surface area (Å²) in [5.74, 6) is -1.09. The molecule has 0 saturated heterocycles. The molecule has 1 aromatic carbocycles. The number of aliphatic carboxylic acids is 1. The summed E-state index contributed by atoms with van der Waals surface area (Å²) in [6.07, 6.45) is 1.80. The first kappa shape index (κ1) is 9.19. The molecule has 1 aliphatic rings. The van der Waals surface area contributed by atoms with E-state index in [2.05, 4.69) is 0 Å². The van der Waals surface area contributed by atoms with Gasteiger partial charge in [0.25, 0.3) is 0 Å². The van der Waals surface area contributed by atoms with Crippen LogP contribution in [0.4, 0.5) is 4.39 Å². The summed E-state index contributed by atoms with van der Waals surface area (Å²) in [5.41, 5.74) is 1.98. The zero-order valence-electron chi connectivity index (χ0n) is 7.66. The van der Waals surface area contributed by atoms with Gasteiger partial charge in [0.05, 0.1) is 6.42 Å². The van der Waals surface area contributed by atoms with E-state index in [1.165, 1.54) is 12.1 Å². The Morgan fingerprint density at radius 3 is 3.07 bits per heavy atom. The molecule has 0 spiro atoms. The van der Waals surface area contributed by atoms with E-state index in [9.17, 15) is 9.18 Å². The van der Waals surface area contributed by atoms with Crippen LogP contribution >= 0.6 is 0 Å². The van der Waals surface area contributed by atoms with Crippen molar-refractivity contribution in [3.63, 3.8) is 0 Å². The zero-order valence-corrected chi connectivity index (χ0v) is 7.66. The highest BCUT2D eigenvalue weighted by molar-refractivity contribution is 5.68. The van der Waals surface area contributed by atoms with Crippen molar-refractivity contribution in [2.24, 2.45) is 0 Å². The number of hydrogen-bond donors (Lipinski definition) is 1. The smallest absolute Gasteiger partial charge is 0.303 e. The average molecular weight is 194 g/mol. The van der Waals surface area contributed by atoms with Gasteiger partial charge in [-0.15, -0.1) is 0 Å². The van der Waals surface area contributed by atoms with E-state index in [1.54, 1.807) is 6.07 Å². The molecule has 1 aromatic rings. The van der Waals surface area contributed by atoms with Gasteiger partial charge in [-0.05, 0) is 42.0 Å². The monoisotopic (exact) mass is 194 g/mol. The first-order chi connectivity index (χ1) is 6.66. The Kier molecular flexibility index (Phi) is 2.23. The average Bonchev–Trinajstić information content (AvgIpc) is 2.47. The van der Waals surface area contributed by atoms with E-state index >= 15 is 0 Å². The summed E-state index contributed by atoms with van der Waals surface area (Å²) in [4.78, 5) is 10.6. The highest BCUT2D eigenvalue weighted by atomic mass is 19.1. The van der Waals surface area contributed by atoms with Crippen LogP contribution in [0.3, 0.4) is 0 Å². The minimum Gasteiger partial charge on any atom is -0.481 e. The fourth-order valence-corrected chi connectivity index (χ4v) is 2.08. The van der Waals surface area contributed by atoms with Gasteiger partial charge < -0.3 is 5.11 Å². The van der Waals surface area contributed by atoms with Crippen LogP contribution < -0.4 is 0 Å². The minimum atomic E-state index is -0.813. The lowest BCUT2D eigenvalue weighted by atomic mass is 9.98. The number of benzene rings is 1. The van der Waals surface area contributed by atoms with Crippen LogP contribution in [0.5, 0.6) is 0 Å². The molecule has 0 bridgehead atoms. The van der Waals surface area contributed by atoms with Gasteiger partial charge >= 0.3 is 5.97 Å². The molecule has 2 nitrogen and oxygen atoms in total. The van der Waals surface area contributed by atoms with Crippen LogP contribution in [0.15, 0.2) is 18.2 Å². The van der Waals surface area contributed by atoms with E-state index in [4.69, 9.17) is 5.11 Å². The normalized spacial score (nSPS) is 19.4. The van der Waals surface area contributed by atoms with Crippen molar-refractivity contribution in [3.05, 3.63) is 35.1 Å². The fourth-order valence-electron chi connectivity index (χ4n) is 2.08. The second kappa shape index (κ2) is 3.40. The maximum atomic E-state index is 12.9. The minimum absolute atomic E-state index is 0.00167. The van der Waals surface area contributed by atoms with Gasteiger partial charge in [-0.1, -0.05) is 6.07 Å². The molecule has 0 amide bonds. The number of carboxylic acid groups (broad SMARTS) is 1. The number of hydrogen-bond acceptors (Lipinski definition) is 1. The molecule has 3 heteroatoms. The van der Waals surface area contributed by atoms with Gasteiger partial charge in [0.2, 0.25) is 0 Å². The Balaban J connectivity index is 2.28. The lowest BCUT2D eigenvalue weighted by molar-refractivity contribution is -0.137. The molecule has 0 aromatic heterocycles. The molecule has 74 valence electrons. The van der Waals surface area contributed by atoms with Crippen molar-refractivity contribution >= 4 is 5.97 Å². The SMILES string of the molecule is O=C(O)C[C@H]1CCc2ccc(F)cc21. The molecule has 1 N–H and O–H groups in total. The third kappa shape index (κ3) is 1.62. The lowest BCUT2D eigenvalue weighted by Gasteiger charge is -2.07. The van der Waals surface area contributed by atoms with Crippen LogP contribution in [0, 0.1) is 5.82 Å². The maximum Gasteiger partial charge on any atom is 0.303 e. The van der Waals surface area contributed by atoms with Crippen molar-refractivity contribution < 1.29 is 14.3 Å². The van der Waals surface area contributed by atoms with Crippen molar-refractivity contribution in [1.82, 2.24) is 0 Å². The summed E-state index contributed by atoms with van der Waals surface area (Å²) in [5, 5.41) is 8.68. The highest BCUT2D eigenvalue weighted by Gasteiger charge is 2.24. The van der Waals surface area contributed by atoms with Gasteiger partial charge in [-0.25, -0.2) is 4.39 Å². The molecule has 0 aliphatic heterocycles. The van der Waals surface area contributed by atoms with E-state index in [-0.39, 0.29) is 18.2 Å². The Bertz CT molecular complexity index is 374. The lowest BCUT2D eigenvalue weighted by Crippen LogP contribution is -2.03. The number of aryl methyl sites for hydroxylation is 1. The van der Waals surface area contributed by atoms with E-state index < -0.39 is 5.97 Å². The van der Waals surface area contributed by atoms with Crippen LogP contribution in [-0.2, 0) is 11.2 Å². The summed E-state index contributed by atoms with van der Waals surface area (Å²) < 4.78 is 12.9. The number of carbonyl (C=O) groups is 1. The van der Waals surface area contributed by atoms with Crippen molar-refractivity contribution in [2.45, 2.75) is 25.2 Å². The Morgan fingerprint density at radius 2 is 2.36 bits per heavy atom. The second-order valence-electron chi connectivity index (χ2n) is 3.68. The fraction of sp³-hybridized carbons (Fsp3) is 0.364. The molecule has 0 radical (unpaired) electrons. The molecule has 1 aliphatic carbocycles. The molecule has 2 rings (SSSR count). The van der Waals surface area contributed by atoms with Gasteiger partial charge in [0, 0.05) is 0 Å².